The first-order chi connectivity index (χ1) is 11.5. The first-order valence-electron chi connectivity index (χ1n) is 8.88. The SMILES string of the molecule is CCC(Cc1ccc(C)cc1)NC(=O)N1CCOCC1CC(C)O. The molecule has 0 aromatic heterocycles. The number of aliphatic hydroxyl groups excluding tert-OH is 1. The van der Waals surface area contributed by atoms with Crippen LogP contribution in [0.15, 0.2) is 24.3 Å². The van der Waals surface area contributed by atoms with Crippen LogP contribution in [0.2, 0.25) is 0 Å². The summed E-state index contributed by atoms with van der Waals surface area (Å²) in [7, 11) is 0. The van der Waals surface area contributed by atoms with Gasteiger partial charge in [-0.2, -0.15) is 0 Å². The predicted molar refractivity (Wildman–Crippen MR) is 95.1 cm³/mol. The van der Waals surface area contributed by atoms with Crippen molar-refractivity contribution in [3.05, 3.63) is 35.4 Å². The number of urea groups is 1. The number of nitrogens with zero attached hydrogens (tertiary/aromatic N) is 1. The minimum Gasteiger partial charge on any atom is -0.393 e. The molecule has 0 aliphatic carbocycles. The van der Waals surface area contributed by atoms with Gasteiger partial charge in [0.1, 0.15) is 0 Å². The Hall–Kier alpha value is -1.59. The zero-order valence-corrected chi connectivity index (χ0v) is 15.0. The number of aryl methyl sites for hydroxylation is 1. The van der Waals surface area contributed by atoms with Crippen molar-refractivity contribution in [1.82, 2.24) is 10.2 Å². The monoisotopic (exact) mass is 334 g/mol. The van der Waals surface area contributed by atoms with Crippen molar-refractivity contribution in [3.63, 3.8) is 0 Å². The summed E-state index contributed by atoms with van der Waals surface area (Å²) in [4.78, 5) is 14.5. The molecule has 1 aliphatic rings. The molecule has 1 heterocycles. The molecule has 1 saturated heterocycles. The van der Waals surface area contributed by atoms with Gasteiger partial charge < -0.3 is 20.1 Å². The Kier molecular flexibility index (Phi) is 7.06. The van der Waals surface area contributed by atoms with Gasteiger partial charge >= 0.3 is 6.03 Å². The summed E-state index contributed by atoms with van der Waals surface area (Å²) < 4.78 is 5.47. The van der Waals surface area contributed by atoms with E-state index in [1.54, 1.807) is 6.92 Å². The van der Waals surface area contributed by atoms with E-state index < -0.39 is 6.10 Å². The van der Waals surface area contributed by atoms with E-state index >= 15 is 0 Å². The lowest BCUT2D eigenvalue weighted by Gasteiger charge is -2.37. The summed E-state index contributed by atoms with van der Waals surface area (Å²) >= 11 is 0. The second-order valence-electron chi connectivity index (χ2n) is 6.75. The van der Waals surface area contributed by atoms with Crippen LogP contribution in [0.4, 0.5) is 4.79 Å². The van der Waals surface area contributed by atoms with Gasteiger partial charge in [0.15, 0.2) is 0 Å². The number of morpholine rings is 1. The normalized spacial score (nSPS) is 20.5. The van der Waals surface area contributed by atoms with Crippen molar-refractivity contribution < 1.29 is 14.6 Å². The number of carbonyl (C=O) groups excluding carboxylic acids is 1. The number of carbonyl (C=O) groups is 1. The molecule has 1 aliphatic heterocycles. The van der Waals surface area contributed by atoms with Crippen LogP contribution >= 0.6 is 0 Å². The third-order valence-electron chi connectivity index (χ3n) is 4.52. The van der Waals surface area contributed by atoms with E-state index in [0.717, 1.165) is 12.8 Å². The average molecular weight is 334 g/mol. The molecule has 2 N–H and O–H groups in total. The van der Waals surface area contributed by atoms with Crippen molar-refractivity contribution in [1.29, 1.82) is 0 Å². The van der Waals surface area contributed by atoms with Gasteiger partial charge in [-0.15, -0.1) is 0 Å². The molecule has 0 saturated carbocycles. The molecule has 5 nitrogen and oxygen atoms in total. The van der Waals surface area contributed by atoms with E-state index in [-0.39, 0.29) is 18.1 Å². The van der Waals surface area contributed by atoms with Crippen LogP contribution in [-0.2, 0) is 11.2 Å². The van der Waals surface area contributed by atoms with Crippen molar-refractivity contribution in [2.75, 3.05) is 19.8 Å². The number of benzene rings is 1. The fourth-order valence-corrected chi connectivity index (χ4v) is 3.07. The maximum absolute atomic E-state index is 12.7. The number of aliphatic hydroxyl groups is 1. The number of nitrogens with one attached hydrogen (secondary N) is 1. The molecule has 1 aromatic rings. The molecule has 5 heteroatoms. The van der Waals surface area contributed by atoms with Crippen LogP contribution < -0.4 is 5.32 Å². The van der Waals surface area contributed by atoms with E-state index in [4.69, 9.17) is 4.74 Å². The highest BCUT2D eigenvalue weighted by molar-refractivity contribution is 5.75. The Morgan fingerprint density at radius 1 is 1.42 bits per heavy atom. The third-order valence-corrected chi connectivity index (χ3v) is 4.52. The molecule has 0 radical (unpaired) electrons. The number of ether oxygens (including phenoxy) is 1. The lowest BCUT2D eigenvalue weighted by Crippen LogP contribution is -2.55. The number of hydrogen-bond acceptors (Lipinski definition) is 3. The van der Waals surface area contributed by atoms with Gasteiger partial charge in [0, 0.05) is 12.6 Å². The van der Waals surface area contributed by atoms with Crippen molar-refractivity contribution in [2.45, 2.75) is 58.2 Å². The minimum absolute atomic E-state index is 0.0529. The molecular weight excluding hydrogens is 304 g/mol. The molecule has 0 bridgehead atoms. The zero-order chi connectivity index (χ0) is 17.5. The molecule has 1 fully saturated rings. The van der Waals surface area contributed by atoms with Crippen LogP contribution in [0.5, 0.6) is 0 Å². The van der Waals surface area contributed by atoms with Crippen molar-refractivity contribution >= 4 is 6.03 Å². The zero-order valence-electron chi connectivity index (χ0n) is 15.0. The molecule has 134 valence electrons. The third kappa shape index (κ3) is 5.49. The second kappa shape index (κ2) is 9.04. The van der Waals surface area contributed by atoms with Crippen molar-refractivity contribution in [3.8, 4) is 0 Å². The second-order valence-corrected chi connectivity index (χ2v) is 6.75. The lowest BCUT2D eigenvalue weighted by atomic mass is 10.0. The Labute approximate surface area is 145 Å². The Balaban J connectivity index is 1.95. The highest BCUT2D eigenvalue weighted by Gasteiger charge is 2.29. The standard InChI is InChI=1S/C19H30N2O3/c1-4-17(12-16-7-5-14(2)6-8-16)20-19(23)21-9-10-24-13-18(21)11-15(3)22/h5-8,15,17-18,22H,4,9-13H2,1-3H3,(H,20,23). The number of rotatable bonds is 6. The fourth-order valence-electron chi connectivity index (χ4n) is 3.07. The van der Waals surface area contributed by atoms with Gasteiger partial charge in [0.25, 0.3) is 0 Å². The average Bonchev–Trinajstić information content (AvgIpc) is 2.56. The van der Waals surface area contributed by atoms with Gasteiger partial charge in [0.2, 0.25) is 0 Å². The van der Waals surface area contributed by atoms with Crippen LogP contribution in [0, 0.1) is 6.92 Å². The topological polar surface area (TPSA) is 61.8 Å². The number of hydrogen-bond donors (Lipinski definition) is 2. The summed E-state index contributed by atoms with van der Waals surface area (Å²) in [5.41, 5.74) is 2.47. The highest BCUT2D eigenvalue weighted by atomic mass is 16.5. The molecule has 24 heavy (non-hydrogen) atoms. The van der Waals surface area contributed by atoms with E-state index in [1.165, 1.54) is 11.1 Å². The van der Waals surface area contributed by atoms with E-state index in [0.29, 0.717) is 26.2 Å². The predicted octanol–water partition coefficient (Wildman–Crippen LogP) is 2.50. The van der Waals surface area contributed by atoms with Crippen LogP contribution in [0.1, 0.15) is 37.8 Å². The molecule has 3 unspecified atom stereocenters. The van der Waals surface area contributed by atoms with Crippen LogP contribution in [0.25, 0.3) is 0 Å². The van der Waals surface area contributed by atoms with Crippen LogP contribution in [-0.4, -0.2) is 54.0 Å². The number of amides is 2. The minimum atomic E-state index is -0.443. The Bertz CT molecular complexity index is 516. The van der Waals surface area contributed by atoms with Gasteiger partial charge in [-0.3, -0.25) is 0 Å². The lowest BCUT2D eigenvalue weighted by molar-refractivity contribution is -0.00483. The first-order valence-corrected chi connectivity index (χ1v) is 8.88. The van der Waals surface area contributed by atoms with E-state index in [2.05, 4.69) is 43.4 Å². The summed E-state index contributed by atoms with van der Waals surface area (Å²) in [5, 5.41) is 12.8. The quantitative estimate of drug-likeness (QED) is 0.840. The summed E-state index contributed by atoms with van der Waals surface area (Å²) in [6, 6.07) is 8.44. The smallest absolute Gasteiger partial charge is 0.318 e. The van der Waals surface area contributed by atoms with Gasteiger partial charge in [-0.05, 0) is 38.7 Å². The fraction of sp³-hybridized carbons (Fsp3) is 0.632. The molecule has 0 spiro atoms. The summed E-state index contributed by atoms with van der Waals surface area (Å²) in [6.07, 6.45) is 1.81. The first kappa shape index (κ1) is 18.7. The molecule has 2 amide bonds. The maximum Gasteiger partial charge on any atom is 0.318 e. The Morgan fingerprint density at radius 3 is 2.75 bits per heavy atom. The van der Waals surface area contributed by atoms with Gasteiger partial charge in [-0.25, -0.2) is 4.79 Å². The molecule has 1 aromatic carbocycles. The molecule has 2 rings (SSSR count). The molecular formula is C19H30N2O3. The molecule has 3 atom stereocenters. The van der Waals surface area contributed by atoms with E-state index in [1.807, 2.05) is 4.90 Å². The largest absolute Gasteiger partial charge is 0.393 e. The van der Waals surface area contributed by atoms with Gasteiger partial charge in [0.05, 0.1) is 25.4 Å². The summed E-state index contributed by atoms with van der Waals surface area (Å²) in [5.74, 6) is 0. The van der Waals surface area contributed by atoms with E-state index in [9.17, 15) is 9.90 Å². The van der Waals surface area contributed by atoms with Gasteiger partial charge in [-0.1, -0.05) is 36.8 Å². The summed E-state index contributed by atoms with van der Waals surface area (Å²) in [6.45, 7) is 7.53. The Morgan fingerprint density at radius 2 is 2.12 bits per heavy atom. The van der Waals surface area contributed by atoms with Crippen molar-refractivity contribution in [2.24, 2.45) is 0 Å². The van der Waals surface area contributed by atoms with Crippen LogP contribution in [0.3, 0.4) is 0 Å². The maximum atomic E-state index is 12.7. The highest BCUT2D eigenvalue weighted by Crippen LogP contribution is 2.14.